The Bertz CT molecular complexity index is 582. The van der Waals surface area contributed by atoms with Crippen LogP contribution in [0.1, 0.15) is 26.3 Å². The van der Waals surface area contributed by atoms with E-state index in [4.69, 9.17) is 5.11 Å². The SMILES string of the molecule is CN(CCNC(=O)c1ccc(CO)c(C(=O)[O-])c1)CC(F)(F)F.[K+]. The van der Waals surface area contributed by atoms with Gasteiger partial charge in [0.15, 0.2) is 0 Å². The zero-order chi connectivity index (χ0) is 17.6. The number of aliphatic hydroxyl groups excluding tert-OH is 1. The van der Waals surface area contributed by atoms with Gasteiger partial charge in [-0.2, -0.15) is 13.2 Å². The number of amides is 1. The molecule has 1 aromatic carbocycles. The number of nitrogens with one attached hydrogen (secondary N) is 1. The zero-order valence-corrected chi connectivity index (χ0v) is 16.4. The van der Waals surface area contributed by atoms with Crippen LogP contribution in [0.2, 0.25) is 0 Å². The Kier molecular flexibility index (Phi) is 10.3. The molecule has 1 amide bonds. The van der Waals surface area contributed by atoms with Gasteiger partial charge in [-0.3, -0.25) is 9.69 Å². The van der Waals surface area contributed by atoms with Crippen molar-refractivity contribution in [1.29, 1.82) is 0 Å². The van der Waals surface area contributed by atoms with E-state index in [0.29, 0.717) is 0 Å². The van der Waals surface area contributed by atoms with Gasteiger partial charge in [-0.1, -0.05) is 6.07 Å². The molecule has 1 rings (SSSR count). The Balaban J connectivity index is 0.00000529. The molecule has 0 unspecified atom stereocenters. The Morgan fingerprint density at radius 3 is 2.46 bits per heavy atom. The van der Waals surface area contributed by atoms with Crippen molar-refractivity contribution in [3.05, 3.63) is 34.9 Å². The van der Waals surface area contributed by atoms with Crippen molar-refractivity contribution in [2.75, 3.05) is 26.7 Å². The molecule has 0 heterocycles. The fraction of sp³-hybridized carbons (Fsp3) is 0.429. The van der Waals surface area contributed by atoms with Crippen LogP contribution < -0.4 is 61.8 Å². The monoisotopic (exact) mass is 372 g/mol. The predicted octanol–water partition coefficient (Wildman–Crippen LogP) is -3.23. The number of benzene rings is 1. The second-order valence-corrected chi connectivity index (χ2v) is 4.93. The Hall–Kier alpha value is -0.494. The maximum atomic E-state index is 12.1. The van der Waals surface area contributed by atoms with Crippen molar-refractivity contribution in [2.24, 2.45) is 0 Å². The van der Waals surface area contributed by atoms with Crippen molar-refractivity contribution < 1.29 is 84.4 Å². The number of rotatable bonds is 7. The Morgan fingerprint density at radius 2 is 1.96 bits per heavy atom. The summed E-state index contributed by atoms with van der Waals surface area (Å²) in [4.78, 5) is 23.8. The fourth-order valence-corrected chi connectivity index (χ4v) is 1.89. The minimum atomic E-state index is -4.32. The van der Waals surface area contributed by atoms with E-state index in [1.807, 2.05) is 0 Å². The summed E-state index contributed by atoms with van der Waals surface area (Å²) in [7, 11) is 1.27. The summed E-state index contributed by atoms with van der Waals surface area (Å²) < 4.78 is 36.4. The first-order chi connectivity index (χ1) is 10.6. The molecule has 24 heavy (non-hydrogen) atoms. The van der Waals surface area contributed by atoms with Gasteiger partial charge in [-0.25, -0.2) is 0 Å². The molecule has 0 radical (unpaired) electrons. The molecule has 0 aliphatic heterocycles. The van der Waals surface area contributed by atoms with Gasteiger partial charge in [0.25, 0.3) is 5.91 Å². The normalized spacial score (nSPS) is 11.1. The van der Waals surface area contributed by atoms with Gasteiger partial charge < -0.3 is 20.3 Å². The van der Waals surface area contributed by atoms with Gasteiger partial charge >= 0.3 is 57.6 Å². The van der Waals surface area contributed by atoms with E-state index >= 15 is 0 Å². The maximum absolute atomic E-state index is 12.1. The molecule has 10 heteroatoms. The zero-order valence-electron chi connectivity index (χ0n) is 13.3. The number of aromatic carboxylic acids is 1. The van der Waals surface area contributed by atoms with E-state index in [1.165, 1.54) is 19.2 Å². The number of hydrogen-bond donors (Lipinski definition) is 2. The van der Waals surface area contributed by atoms with Crippen LogP contribution >= 0.6 is 0 Å². The number of halogens is 3. The number of carboxylic acid groups (broad SMARTS) is 1. The van der Waals surface area contributed by atoms with Crippen LogP contribution in [0.5, 0.6) is 0 Å². The molecule has 6 nitrogen and oxygen atoms in total. The van der Waals surface area contributed by atoms with E-state index in [2.05, 4.69) is 5.32 Å². The van der Waals surface area contributed by atoms with Crippen molar-refractivity contribution in [3.8, 4) is 0 Å². The summed E-state index contributed by atoms with van der Waals surface area (Å²) >= 11 is 0. The van der Waals surface area contributed by atoms with Gasteiger partial charge in [-0.05, 0) is 24.7 Å². The van der Waals surface area contributed by atoms with Gasteiger partial charge in [-0.15, -0.1) is 0 Å². The molecule has 0 saturated heterocycles. The first kappa shape index (κ1) is 23.5. The molecule has 2 N–H and O–H groups in total. The van der Waals surface area contributed by atoms with Gasteiger partial charge in [0.2, 0.25) is 0 Å². The molecule has 0 fully saturated rings. The molecule has 0 bridgehead atoms. The van der Waals surface area contributed by atoms with Crippen molar-refractivity contribution in [3.63, 3.8) is 0 Å². The van der Waals surface area contributed by atoms with Crippen LogP contribution in [0.4, 0.5) is 13.2 Å². The molecule has 128 valence electrons. The summed E-state index contributed by atoms with van der Waals surface area (Å²) in [5.41, 5.74) is -0.194. The summed E-state index contributed by atoms with van der Waals surface area (Å²) in [5, 5.41) is 22.3. The molecule has 1 aromatic rings. The topological polar surface area (TPSA) is 92.7 Å². The van der Waals surface area contributed by atoms with Crippen molar-refractivity contribution in [2.45, 2.75) is 12.8 Å². The van der Waals surface area contributed by atoms with E-state index in [1.54, 1.807) is 0 Å². The average molecular weight is 372 g/mol. The quantitative estimate of drug-likeness (QED) is 0.491. The molecule has 0 atom stereocenters. The largest absolute Gasteiger partial charge is 1.00 e. The van der Waals surface area contributed by atoms with E-state index in [-0.39, 0.29) is 81.2 Å². The number of nitrogens with zero attached hydrogens (tertiary/aromatic N) is 1. The third kappa shape index (κ3) is 8.06. The number of carbonyl (C=O) groups is 2. The van der Waals surface area contributed by atoms with E-state index < -0.39 is 31.2 Å². The van der Waals surface area contributed by atoms with Gasteiger partial charge in [0, 0.05) is 24.2 Å². The molecule has 0 aliphatic carbocycles. The van der Waals surface area contributed by atoms with Crippen LogP contribution in [0.25, 0.3) is 0 Å². The molecule has 0 saturated carbocycles. The standard InChI is InChI=1S/C14H17F3N2O4.K/c1-19(8-14(15,16)17)5-4-18-12(21)9-2-3-10(7-20)11(6-9)13(22)23;/h2-3,6,20H,4-5,7-8H2,1H3,(H,18,21)(H,22,23);/q;+1/p-1. The Morgan fingerprint density at radius 1 is 1.33 bits per heavy atom. The number of aliphatic hydroxyl groups is 1. The van der Waals surface area contributed by atoms with Crippen LogP contribution in [-0.4, -0.2) is 54.7 Å². The van der Waals surface area contributed by atoms with Crippen LogP contribution in [-0.2, 0) is 6.61 Å². The van der Waals surface area contributed by atoms with Gasteiger partial charge in [0.1, 0.15) is 0 Å². The molecular weight excluding hydrogens is 356 g/mol. The third-order valence-electron chi connectivity index (χ3n) is 2.99. The minimum absolute atomic E-state index is 0. The maximum Gasteiger partial charge on any atom is 1.00 e. The first-order valence-electron chi connectivity index (χ1n) is 6.62. The van der Waals surface area contributed by atoms with E-state index in [0.717, 1.165) is 11.0 Å². The second kappa shape index (κ2) is 10.5. The second-order valence-electron chi connectivity index (χ2n) is 4.93. The van der Waals surface area contributed by atoms with Crippen molar-refractivity contribution in [1.82, 2.24) is 10.2 Å². The number of hydrogen-bond acceptors (Lipinski definition) is 5. The van der Waals surface area contributed by atoms with Crippen LogP contribution in [0.3, 0.4) is 0 Å². The minimum Gasteiger partial charge on any atom is -0.545 e. The molecule has 0 aliphatic rings. The predicted molar refractivity (Wildman–Crippen MR) is 72.6 cm³/mol. The fourth-order valence-electron chi connectivity index (χ4n) is 1.89. The average Bonchev–Trinajstić information content (AvgIpc) is 2.44. The summed E-state index contributed by atoms with van der Waals surface area (Å²) in [6, 6.07) is 3.64. The molecule has 0 spiro atoms. The number of carboxylic acids is 1. The Labute approximate surface area is 179 Å². The van der Waals surface area contributed by atoms with Crippen molar-refractivity contribution >= 4 is 11.9 Å². The van der Waals surface area contributed by atoms with E-state index in [9.17, 15) is 27.9 Å². The third-order valence-corrected chi connectivity index (χ3v) is 2.99. The smallest absolute Gasteiger partial charge is 0.545 e. The number of carbonyl (C=O) groups excluding carboxylic acids is 2. The van der Waals surface area contributed by atoms with Crippen LogP contribution in [0.15, 0.2) is 18.2 Å². The first-order valence-corrected chi connectivity index (χ1v) is 6.62. The summed E-state index contributed by atoms with van der Waals surface area (Å²) in [6.07, 6.45) is -4.32. The van der Waals surface area contributed by atoms with Crippen LogP contribution in [0, 0.1) is 0 Å². The summed E-state index contributed by atoms with van der Waals surface area (Å²) in [6.45, 7) is -1.67. The molecular formula is C14H16F3KN2O4. The molecule has 0 aromatic heterocycles. The number of likely N-dealkylation sites (N-methyl/N-ethyl adjacent to an activating group) is 1. The van der Waals surface area contributed by atoms with Gasteiger partial charge in [0.05, 0.1) is 19.1 Å². The number of alkyl halides is 3. The summed E-state index contributed by atoms with van der Waals surface area (Å²) in [5.74, 6) is -2.16.